The van der Waals surface area contributed by atoms with Gasteiger partial charge in [0.25, 0.3) is 0 Å². The molecule has 1 fully saturated rings. The molecule has 0 saturated heterocycles. The van der Waals surface area contributed by atoms with E-state index in [-0.39, 0.29) is 0 Å². The van der Waals surface area contributed by atoms with E-state index < -0.39 is 0 Å². The molecule has 0 aliphatic heterocycles. The van der Waals surface area contributed by atoms with Gasteiger partial charge in [-0.3, -0.25) is 0 Å². The Kier molecular flexibility index (Phi) is 3.38. The molecule has 1 aliphatic carbocycles. The highest BCUT2D eigenvalue weighted by Crippen LogP contribution is 2.25. The second-order valence-corrected chi connectivity index (χ2v) is 3.84. The van der Waals surface area contributed by atoms with Gasteiger partial charge in [-0.15, -0.1) is 0 Å². The van der Waals surface area contributed by atoms with Crippen LogP contribution >= 0.6 is 0 Å². The van der Waals surface area contributed by atoms with E-state index in [0.717, 1.165) is 6.42 Å². The fourth-order valence-electron chi connectivity index (χ4n) is 1.75. The van der Waals surface area contributed by atoms with Crippen molar-refractivity contribution in [1.29, 1.82) is 0 Å². The first kappa shape index (κ1) is 9.05. The third-order valence-corrected chi connectivity index (χ3v) is 2.20. The summed E-state index contributed by atoms with van der Waals surface area (Å²) in [5.74, 6) is 0.632. The lowest BCUT2D eigenvalue weighted by Crippen LogP contribution is -2.24. The van der Waals surface area contributed by atoms with E-state index in [9.17, 15) is 0 Å². The van der Waals surface area contributed by atoms with Gasteiger partial charge in [-0.25, -0.2) is 0 Å². The fraction of sp³-hybridized carbons (Fsp3) is 0.900. The van der Waals surface area contributed by atoms with Crippen molar-refractivity contribution in [3.05, 3.63) is 6.92 Å². The molecular weight excluding hydrogens is 136 g/mol. The van der Waals surface area contributed by atoms with E-state index in [0.29, 0.717) is 18.1 Å². The third-order valence-electron chi connectivity index (χ3n) is 2.20. The summed E-state index contributed by atoms with van der Waals surface area (Å²) in [5, 5.41) is 0. The summed E-state index contributed by atoms with van der Waals surface area (Å²) in [7, 11) is 0. The molecule has 0 aromatic heterocycles. The zero-order chi connectivity index (χ0) is 8.27. The molecule has 0 heterocycles. The van der Waals surface area contributed by atoms with Gasteiger partial charge in [-0.05, 0) is 32.6 Å². The van der Waals surface area contributed by atoms with Crippen LogP contribution in [0.4, 0.5) is 0 Å². The fourth-order valence-corrected chi connectivity index (χ4v) is 1.75. The van der Waals surface area contributed by atoms with Crippen molar-refractivity contribution in [2.75, 3.05) is 0 Å². The molecular formula is C10H19O. The monoisotopic (exact) mass is 155 g/mol. The lowest BCUT2D eigenvalue weighted by molar-refractivity contribution is -0.0193. The Balaban J connectivity index is 2.23. The second-order valence-electron chi connectivity index (χ2n) is 3.84. The maximum absolute atomic E-state index is 5.72. The molecule has 1 rings (SSSR count). The average molecular weight is 155 g/mol. The predicted molar refractivity (Wildman–Crippen MR) is 47.3 cm³/mol. The second kappa shape index (κ2) is 4.10. The maximum atomic E-state index is 5.72. The molecule has 1 saturated carbocycles. The van der Waals surface area contributed by atoms with Gasteiger partial charge in [0.1, 0.15) is 0 Å². The van der Waals surface area contributed by atoms with E-state index in [1.54, 1.807) is 0 Å². The first-order chi connectivity index (χ1) is 5.18. The lowest BCUT2D eigenvalue weighted by atomic mass is 9.88. The minimum atomic E-state index is 0.380. The highest BCUT2D eigenvalue weighted by Gasteiger charge is 2.19. The van der Waals surface area contributed by atoms with Crippen LogP contribution in [0.1, 0.15) is 39.5 Å². The molecule has 0 aromatic carbocycles. The Morgan fingerprint density at radius 2 is 2.09 bits per heavy atom. The van der Waals surface area contributed by atoms with Crippen LogP contribution in [0, 0.1) is 12.8 Å². The summed E-state index contributed by atoms with van der Waals surface area (Å²) >= 11 is 0. The number of rotatable bonds is 2. The van der Waals surface area contributed by atoms with E-state index in [2.05, 4.69) is 20.8 Å². The largest absolute Gasteiger partial charge is 0.376 e. The van der Waals surface area contributed by atoms with Crippen molar-refractivity contribution in [2.24, 2.45) is 5.92 Å². The molecule has 1 radical (unpaired) electrons. The molecule has 11 heavy (non-hydrogen) atoms. The summed E-state index contributed by atoms with van der Waals surface area (Å²) in [5.41, 5.74) is 0. The van der Waals surface area contributed by atoms with Gasteiger partial charge in [0.2, 0.25) is 0 Å². The van der Waals surface area contributed by atoms with Crippen LogP contribution in [0.5, 0.6) is 0 Å². The standard InChI is InChI=1S/C10H19O/c1-8(2)11-10-6-4-5-9(3)7-10/h8-10H,3-7H2,1-2H3. The van der Waals surface area contributed by atoms with Crippen LogP contribution < -0.4 is 0 Å². The quantitative estimate of drug-likeness (QED) is 0.596. The third kappa shape index (κ3) is 3.24. The topological polar surface area (TPSA) is 9.23 Å². The van der Waals surface area contributed by atoms with Crippen molar-refractivity contribution < 1.29 is 4.74 Å². The van der Waals surface area contributed by atoms with E-state index in [1.165, 1.54) is 19.3 Å². The Bertz CT molecular complexity index is 107. The molecule has 2 unspecified atom stereocenters. The van der Waals surface area contributed by atoms with Crippen molar-refractivity contribution in [3.63, 3.8) is 0 Å². The smallest absolute Gasteiger partial charge is 0.0581 e. The minimum Gasteiger partial charge on any atom is -0.376 e. The Morgan fingerprint density at radius 3 is 2.64 bits per heavy atom. The summed E-state index contributed by atoms with van der Waals surface area (Å²) < 4.78 is 5.72. The highest BCUT2D eigenvalue weighted by atomic mass is 16.5. The van der Waals surface area contributed by atoms with Gasteiger partial charge < -0.3 is 4.74 Å². The van der Waals surface area contributed by atoms with Crippen LogP contribution in [-0.2, 0) is 4.74 Å². The zero-order valence-corrected chi connectivity index (χ0v) is 7.68. The Morgan fingerprint density at radius 1 is 1.36 bits per heavy atom. The summed E-state index contributed by atoms with van der Waals surface area (Å²) in [6.07, 6.45) is 5.86. The zero-order valence-electron chi connectivity index (χ0n) is 7.68. The van der Waals surface area contributed by atoms with E-state index >= 15 is 0 Å². The Hall–Kier alpha value is -0.0400. The molecule has 65 valence electrons. The molecule has 0 bridgehead atoms. The van der Waals surface area contributed by atoms with Crippen molar-refractivity contribution in [3.8, 4) is 0 Å². The summed E-state index contributed by atoms with van der Waals surface area (Å²) in [4.78, 5) is 0. The predicted octanol–water partition coefficient (Wildman–Crippen LogP) is 2.80. The molecule has 2 atom stereocenters. The van der Waals surface area contributed by atoms with Gasteiger partial charge in [-0.2, -0.15) is 0 Å². The van der Waals surface area contributed by atoms with Crippen LogP contribution in [-0.4, -0.2) is 12.2 Å². The maximum Gasteiger partial charge on any atom is 0.0581 e. The first-order valence-electron chi connectivity index (χ1n) is 4.67. The lowest BCUT2D eigenvalue weighted by Gasteiger charge is -2.28. The number of hydrogen-bond donors (Lipinski definition) is 0. The summed E-state index contributed by atoms with van der Waals surface area (Å²) in [6, 6.07) is 0. The van der Waals surface area contributed by atoms with Crippen LogP contribution in [0.15, 0.2) is 0 Å². The van der Waals surface area contributed by atoms with Crippen molar-refractivity contribution in [2.45, 2.75) is 51.7 Å². The molecule has 0 amide bonds. The number of hydrogen-bond acceptors (Lipinski definition) is 1. The molecule has 0 aromatic rings. The van der Waals surface area contributed by atoms with Gasteiger partial charge in [0, 0.05) is 0 Å². The molecule has 0 N–H and O–H groups in total. The van der Waals surface area contributed by atoms with E-state index in [1.807, 2.05) is 0 Å². The van der Waals surface area contributed by atoms with Gasteiger partial charge in [-0.1, -0.05) is 19.8 Å². The SMILES string of the molecule is [CH2]C1CCCC(OC(C)C)C1. The molecule has 1 heteroatoms. The first-order valence-corrected chi connectivity index (χ1v) is 4.67. The molecule has 0 spiro atoms. The normalized spacial score (nSPS) is 32.7. The number of ether oxygens (including phenoxy) is 1. The summed E-state index contributed by atoms with van der Waals surface area (Å²) in [6.45, 7) is 8.28. The van der Waals surface area contributed by atoms with Crippen molar-refractivity contribution >= 4 is 0 Å². The average Bonchev–Trinajstić information content (AvgIpc) is 1.85. The molecule has 1 aliphatic rings. The van der Waals surface area contributed by atoms with Crippen LogP contribution in [0.2, 0.25) is 0 Å². The Labute approximate surface area is 70.1 Å². The van der Waals surface area contributed by atoms with Crippen molar-refractivity contribution in [1.82, 2.24) is 0 Å². The van der Waals surface area contributed by atoms with Gasteiger partial charge in [0.05, 0.1) is 12.2 Å². The van der Waals surface area contributed by atoms with Gasteiger partial charge in [0.15, 0.2) is 0 Å². The van der Waals surface area contributed by atoms with Crippen LogP contribution in [0.3, 0.4) is 0 Å². The highest BCUT2D eigenvalue weighted by molar-refractivity contribution is 4.74. The van der Waals surface area contributed by atoms with Gasteiger partial charge >= 0.3 is 0 Å². The van der Waals surface area contributed by atoms with Crippen LogP contribution in [0.25, 0.3) is 0 Å². The minimum absolute atomic E-state index is 0.380. The molecule has 1 nitrogen and oxygen atoms in total. The van der Waals surface area contributed by atoms with E-state index in [4.69, 9.17) is 4.74 Å².